The number of carboxylic acid groups (broad SMARTS) is 1. The Labute approximate surface area is 133 Å². The fourth-order valence-electron chi connectivity index (χ4n) is 1.75. The standard InChI is InChI=1S/C13H17ClN2O5S/c1-13(2,4-3-11(17)18)16-22(20,21)10-6-8(12(15)19)5-9(14)7-10/h5-7,16H,3-4H2,1-2H3,(H2,15,19)(H,17,18). The number of nitrogens with one attached hydrogen (secondary N) is 1. The second-order valence-electron chi connectivity index (χ2n) is 5.42. The Kier molecular flexibility index (Phi) is 5.55. The summed E-state index contributed by atoms with van der Waals surface area (Å²) in [5.74, 6) is -1.82. The Morgan fingerprint density at radius 1 is 1.32 bits per heavy atom. The molecule has 0 saturated heterocycles. The number of sulfonamides is 1. The fourth-order valence-corrected chi connectivity index (χ4v) is 3.56. The summed E-state index contributed by atoms with van der Waals surface area (Å²) in [5.41, 5.74) is 4.11. The van der Waals surface area contributed by atoms with Gasteiger partial charge in [-0.1, -0.05) is 11.6 Å². The molecule has 0 heterocycles. The van der Waals surface area contributed by atoms with Crippen LogP contribution in [-0.4, -0.2) is 30.9 Å². The average Bonchev–Trinajstić information content (AvgIpc) is 2.34. The van der Waals surface area contributed by atoms with Gasteiger partial charge >= 0.3 is 5.97 Å². The molecule has 0 atom stereocenters. The molecule has 7 nitrogen and oxygen atoms in total. The summed E-state index contributed by atoms with van der Waals surface area (Å²) in [7, 11) is -3.98. The molecule has 0 radical (unpaired) electrons. The Bertz CT molecular complexity index is 700. The molecule has 4 N–H and O–H groups in total. The minimum absolute atomic E-state index is 0.0313. The smallest absolute Gasteiger partial charge is 0.303 e. The van der Waals surface area contributed by atoms with Crippen molar-refractivity contribution in [3.05, 3.63) is 28.8 Å². The maximum Gasteiger partial charge on any atom is 0.303 e. The summed E-state index contributed by atoms with van der Waals surface area (Å²) >= 11 is 5.80. The third kappa shape index (κ3) is 5.28. The second-order valence-corrected chi connectivity index (χ2v) is 7.54. The molecular weight excluding hydrogens is 332 g/mol. The van der Waals surface area contributed by atoms with E-state index in [0.717, 1.165) is 6.07 Å². The molecular formula is C13H17ClN2O5S. The van der Waals surface area contributed by atoms with Crippen LogP contribution in [-0.2, 0) is 14.8 Å². The molecule has 1 aromatic rings. The maximum atomic E-state index is 12.4. The summed E-state index contributed by atoms with van der Waals surface area (Å²) in [6.45, 7) is 3.13. The third-order valence-corrected chi connectivity index (χ3v) is 4.74. The van der Waals surface area contributed by atoms with E-state index in [1.165, 1.54) is 12.1 Å². The van der Waals surface area contributed by atoms with Gasteiger partial charge in [-0.05, 0) is 38.5 Å². The van der Waals surface area contributed by atoms with Crippen molar-refractivity contribution in [3.63, 3.8) is 0 Å². The molecule has 9 heteroatoms. The molecule has 0 unspecified atom stereocenters. The molecule has 0 saturated carbocycles. The van der Waals surface area contributed by atoms with E-state index in [1.807, 2.05) is 0 Å². The minimum Gasteiger partial charge on any atom is -0.481 e. The number of nitrogens with two attached hydrogens (primary N) is 1. The monoisotopic (exact) mass is 348 g/mol. The lowest BCUT2D eigenvalue weighted by atomic mass is 10.0. The van der Waals surface area contributed by atoms with Gasteiger partial charge in [0.15, 0.2) is 0 Å². The number of amides is 1. The van der Waals surface area contributed by atoms with E-state index in [4.69, 9.17) is 22.4 Å². The van der Waals surface area contributed by atoms with Crippen LogP contribution in [0.15, 0.2) is 23.1 Å². The number of primary amides is 1. The Balaban J connectivity index is 3.09. The first-order chi connectivity index (χ1) is 9.93. The Morgan fingerprint density at radius 2 is 1.91 bits per heavy atom. The Morgan fingerprint density at radius 3 is 2.41 bits per heavy atom. The van der Waals surface area contributed by atoms with Crippen LogP contribution in [0.2, 0.25) is 5.02 Å². The van der Waals surface area contributed by atoms with E-state index in [0.29, 0.717) is 0 Å². The van der Waals surface area contributed by atoms with Crippen molar-refractivity contribution in [3.8, 4) is 0 Å². The van der Waals surface area contributed by atoms with Crippen molar-refractivity contribution in [2.75, 3.05) is 0 Å². The molecule has 0 aliphatic heterocycles. The molecule has 0 fully saturated rings. The zero-order valence-electron chi connectivity index (χ0n) is 12.1. The zero-order valence-corrected chi connectivity index (χ0v) is 13.7. The van der Waals surface area contributed by atoms with E-state index in [2.05, 4.69) is 4.72 Å². The number of hydrogen-bond acceptors (Lipinski definition) is 4. The first-order valence-electron chi connectivity index (χ1n) is 6.29. The average molecular weight is 349 g/mol. The van der Waals surface area contributed by atoms with Crippen LogP contribution in [0.5, 0.6) is 0 Å². The molecule has 0 aliphatic rings. The van der Waals surface area contributed by atoms with Crippen molar-refractivity contribution in [2.24, 2.45) is 5.73 Å². The Hall–Kier alpha value is -1.64. The molecule has 0 bridgehead atoms. The highest BCUT2D eigenvalue weighted by atomic mass is 35.5. The fraction of sp³-hybridized carbons (Fsp3) is 0.385. The lowest BCUT2D eigenvalue weighted by Crippen LogP contribution is -2.43. The summed E-state index contributed by atoms with van der Waals surface area (Å²) in [6.07, 6.45) is -0.0809. The molecule has 122 valence electrons. The topological polar surface area (TPSA) is 127 Å². The summed E-state index contributed by atoms with van der Waals surface area (Å²) in [5, 5.41) is 8.74. The molecule has 0 aromatic heterocycles. The van der Waals surface area contributed by atoms with Gasteiger partial charge in [-0.25, -0.2) is 13.1 Å². The number of halogens is 1. The summed E-state index contributed by atoms with van der Waals surface area (Å²) < 4.78 is 27.1. The van der Waals surface area contributed by atoms with Crippen LogP contribution in [0.3, 0.4) is 0 Å². The van der Waals surface area contributed by atoms with Gasteiger partial charge in [0, 0.05) is 22.5 Å². The van der Waals surface area contributed by atoms with Crippen LogP contribution in [0, 0.1) is 0 Å². The normalized spacial score (nSPS) is 12.1. The number of carbonyl (C=O) groups is 2. The molecule has 0 aliphatic carbocycles. The van der Waals surface area contributed by atoms with Crippen LogP contribution >= 0.6 is 11.6 Å². The van der Waals surface area contributed by atoms with E-state index >= 15 is 0 Å². The molecule has 1 amide bonds. The molecule has 1 rings (SSSR count). The number of carboxylic acids is 1. The van der Waals surface area contributed by atoms with Crippen molar-refractivity contribution in [2.45, 2.75) is 37.1 Å². The van der Waals surface area contributed by atoms with Gasteiger partial charge in [-0.2, -0.15) is 0 Å². The lowest BCUT2D eigenvalue weighted by molar-refractivity contribution is -0.137. The number of rotatable bonds is 7. The third-order valence-electron chi connectivity index (χ3n) is 2.84. The van der Waals surface area contributed by atoms with Crippen LogP contribution in [0.25, 0.3) is 0 Å². The van der Waals surface area contributed by atoms with E-state index in [9.17, 15) is 18.0 Å². The molecule has 1 aromatic carbocycles. The van der Waals surface area contributed by atoms with Crippen LogP contribution in [0.1, 0.15) is 37.0 Å². The van der Waals surface area contributed by atoms with Gasteiger partial charge < -0.3 is 10.8 Å². The SMILES string of the molecule is CC(C)(CCC(=O)O)NS(=O)(=O)c1cc(Cl)cc(C(N)=O)c1. The van der Waals surface area contributed by atoms with E-state index in [1.54, 1.807) is 13.8 Å². The molecule has 0 spiro atoms. The predicted molar refractivity (Wildman–Crippen MR) is 81.2 cm³/mol. The van der Waals surface area contributed by atoms with Gasteiger partial charge in [0.1, 0.15) is 0 Å². The van der Waals surface area contributed by atoms with Gasteiger partial charge in [0.25, 0.3) is 0 Å². The van der Waals surface area contributed by atoms with E-state index in [-0.39, 0.29) is 28.3 Å². The number of carbonyl (C=O) groups excluding carboxylic acids is 1. The number of hydrogen-bond donors (Lipinski definition) is 3. The maximum absolute atomic E-state index is 12.4. The van der Waals surface area contributed by atoms with Gasteiger partial charge in [-0.3, -0.25) is 9.59 Å². The first kappa shape index (κ1) is 18.4. The van der Waals surface area contributed by atoms with Gasteiger partial charge in [-0.15, -0.1) is 0 Å². The largest absolute Gasteiger partial charge is 0.481 e. The van der Waals surface area contributed by atoms with Gasteiger partial charge in [0.2, 0.25) is 15.9 Å². The zero-order chi connectivity index (χ0) is 17.1. The van der Waals surface area contributed by atoms with Crippen LogP contribution in [0.4, 0.5) is 0 Å². The molecule has 22 heavy (non-hydrogen) atoms. The van der Waals surface area contributed by atoms with Crippen molar-refractivity contribution in [1.82, 2.24) is 4.72 Å². The highest BCUT2D eigenvalue weighted by Crippen LogP contribution is 2.22. The number of aliphatic carboxylic acids is 1. The quantitative estimate of drug-likeness (QED) is 0.685. The van der Waals surface area contributed by atoms with E-state index < -0.39 is 27.4 Å². The predicted octanol–water partition coefficient (Wildman–Crippen LogP) is 1.36. The van der Waals surface area contributed by atoms with Crippen molar-refractivity contribution >= 4 is 33.5 Å². The minimum atomic E-state index is -3.98. The number of benzene rings is 1. The second kappa shape index (κ2) is 6.64. The summed E-state index contributed by atoms with van der Waals surface area (Å²) in [4.78, 5) is 21.6. The highest BCUT2D eigenvalue weighted by molar-refractivity contribution is 7.89. The van der Waals surface area contributed by atoms with Gasteiger partial charge in [0.05, 0.1) is 4.90 Å². The highest BCUT2D eigenvalue weighted by Gasteiger charge is 2.27. The lowest BCUT2D eigenvalue weighted by Gasteiger charge is -2.25. The summed E-state index contributed by atoms with van der Waals surface area (Å²) in [6, 6.07) is 3.56. The van der Waals surface area contributed by atoms with Crippen molar-refractivity contribution in [1.29, 1.82) is 0 Å². The van der Waals surface area contributed by atoms with Crippen LogP contribution < -0.4 is 10.5 Å². The first-order valence-corrected chi connectivity index (χ1v) is 8.15. The van der Waals surface area contributed by atoms with Crippen molar-refractivity contribution < 1.29 is 23.1 Å².